The van der Waals surface area contributed by atoms with Gasteiger partial charge in [0.15, 0.2) is 0 Å². The molecule has 2 aliphatic rings. The molecule has 1 unspecified atom stereocenters. The van der Waals surface area contributed by atoms with E-state index in [9.17, 15) is 13.8 Å². The van der Waals surface area contributed by atoms with Crippen LogP contribution in [0.2, 0.25) is 0 Å². The molecule has 2 aliphatic heterocycles. The summed E-state index contributed by atoms with van der Waals surface area (Å²) in [4.78, 5) is 24.6. The third-order valence-electron chi connectivity index (χ3n) is 3.61. The summed E-state index contributed by atoms with van der Waals surface area (Å²) in [5.74, 6) is 0.297. The molecule has 2 saturated heterocycles. The molecule has 0 radical (unpaired) electrons. The number of rotatable bonds is 3. The molecule has 8 heteroatoms. The fourth-order valence-electron chi connectivity index (χ4n) is 2.49. The summed E-state index contributed by atoms with van der Waals surface area (Å²) in [7, 11) is -0.758. The van der Waals surface area contributed by atoms with Gasteiger partial charge in [-0.1, -0.05) is 0 Å². The van der Waals surface area contributed by atoms with Gasteiger partial charge in [0.1, 0.15) is 0 Å². The Labute approximate surface area is 120 Å². The summed E-state index contributed by atoms with van der Waals surface area (Å²) in [6, 6.07) is -0.621. The molecule has 2 fully saturated rings. The summed E-state index contributed by atoms with van der Waals surface area (Å²) in [6.07, 6.45) is 1.32. The summed E-state index contributed by atoms with van der Waals surface area (Å²) in [5.41, 5.74) is 0. The van der Waals surface area contributed by atoms with Crippen LogP contribution in [0.4, 0.5) is 4.79 Å². The maximum Gasteiger partial charge on any atom is 0.318 e. The number of carbonyl (C=O) groups excluding carboxylic acids is 1. The molecule has 2 amide bonds. The van der Waals surface area contributed by atoms with E-state index in [-0.39, 0.29) is 25.1 Å². The molecular formula is C12H20N2O5S. The number of nitrogens with one attached hydrogen (secondary N) is 1. The van der Waals surface area contributed by atoms with Crippen molar-refractivity contribution in [3.63, 3.8) is 0 Å². The third kappa shape index (κ3) is 4.17. The first-order valence-corrected chi connectivity index (χ1v) is 8.26. The van der Waals surface area contributed by atoms with Gasteiger partial charge < -0.3 is 20.1 Å². The van der Waals surface area contributed by atoms with Gasteiger partial charge in [0.05, 0.1) is 25.7 Å². The number of hydrogen-bond acceptors (Lipinski definition) is 4. The van der Waals surface area contributed by atoms with Crippen LogP contribution in [-0.2, 0) is 20.3 Å². The number of hydrogen-bond donors (Lipinski definition) is 2. The molecule has 7 nitrogen and oxygen atoms in total. The van der Waals surface area contributed by atoms with Crippen LogP contribution in [-0.4, -0.2) is 69.6 Å². The molecule has 0 aliphatic carbocycles. The van der Waals surface area contributed by atoms with Crippen molar-refractivity contribution in [2.24, 2.45) is 0 Å². The molecule has 0 spiro atoms. The third-order valence-corrected chi connectivity index (χ3v) is 5.00. The van der Waals surface area contributed by atoms with E-state index in [2.05, 4.69) is 5.32 Å². The van der Waals surface area contributed by atoms with Crippen LogP contribution >= 0.6 is 0 Å². The largest absolute Gasteiger partial charge is 0.481 e. The molecule has 0 aromatic carbocycles. The number of nitrogens with zero attached hydrogens (tertiary/aromatic N) is 1. The van der Waals surface area contributed by atoms with E-state index >= 15 is 0 Å². The first-order chi connectivity index (χ1) is 9.56. The first-order valence-electron chi connectivity index (χ1n) is 6.78. The van der Waals surface area contributed by atoms with Crippen LogP contribution in [0.25, 0.3) is 0 Å². The number of carboxylic acids is 1. The zero-order chi connectivity index (χ0) is 14.5. The van der Waals surface area contributed by atoms with Crippen LogP contribution in [0.15, 0.2) is 0 Å². The van der Waals surface area contributed by atoms with Gasteiger partial charge in [-0.3, -0.25) is 9.00 Å². The highest BCUT2D eigenvalue weighted by atomic mass is 32.2. The molecule has 2 N–H and O–H groups in total. The SMILES string of the molecule is O=C(O)CC1COCCN1C(=O)NC1CCS(=O)CC1. The Kier molecular flexibility index (Phi) is 5.36. The minimum Gasteiger partial charge on any atom is -0.481 e. The predicted octanol–water partition coefficient (Wildman–Crippen LogP) is -0.217. The van der Waals surface area contributed by atoms with E-state index in [4.69, 9.17) is 9.84 Å². The molecule has 2 heterocycles. The Balaban J connectivity index is 1.88. The molecule has 0 aromatic rings. The Morgan fingerprint density at radius 3 is 2.70 bits per heavy atom. The van der Waals surface area contributed by atoms with E-state index in [0.29, 0.717) is 37.5 Å². The van der Waals surface area contributed by atoms with E-state index in [1.165, 1.54) is 0 Å². The van der Waals surface area contributed by atoms with Gasteiger partial charge in [-0.25, -0.2) is 4.79 Å². The van der Waals surface area contributed by atoms with Crippen LogP contribution in [0.5, 0.6) is 0 Å². The summed E-state index contributed by atoms with van der Waals surface area (Å²) >= 11 is 0. The van der Waals surface area contributed by atoms with Crippen LogP contribution in [0, 0.1) is 0 Å². The van der Waals surface area contributed by atoms with Crippen molar-refractivity contribution in [1.82, 2.24) is 10.2 Å². The molecule has 0 bridgehead atoms. The van der Waals surface area contributed by atoms with Gasteiger partial charge in [0.25, 0.3) is 0 Å². The van der Waals surface area contributed by atoms with Crippen molar-refractivity contribution in [2.75, 3.05) is 31.3 Å². The predicted molar refractivity (Wildman–Crippen MR) is 73.0 cm³/mol. The minimum absolute atomic E-state index is 0.0357. The topological polar surface area (TPSA) is 95.9 Å². The maximum atomic E-state index is 12.2. The Morgan fingerprint density at radius 1 is 1.35 bits per heavy atom. The second-order valence-electron chi connectivity index (χ2n) is 5.09. The molecule has 2 rings (SSSR count). The highest BCUT2D eigenvalue weighted by Crippen LogP contribution is 2.14. The molecule has 1 atom stereocenters. The lowest BCUT2D eigenvalue weighted by atomic mass is 10.1. The Hall–Kier alpha value is -1.15. The fourth-order valence-corrected chi connectivity index (χ4v) is 3.79. The monoisotopic (exact) mass is 304 g/mol. The summed E-state index contributed by atoms with van der Waals surface area (Å²) in [6.45, 7) is 1.09. The normalized spacial score (nSPS) is 30.8. The van der Waals surface area contributed by atoms with Gasteiger partial charge in [-0.2, -0.15) is 0 Å². The smallest absolute Gasteiger partial charge is 0.318 e. The van der Waals surface area contributed by atoms with Crippen LogP contribution < -0.4 is 5.32 Å². The second kappa shape index (κ2) is 7.03. The van der Waals surface area contributed by atoms with Crippen molar-refractivity contribution in [2.45, 2.75) is 31.3 Å². The number of amides is 2. The zero-order valence-corrected chi connectivity index (χ0v) is 12.1. The fraction of sp³-hybridized carbons (Fsp3) is 0.833. The number of urea groups is 1. The lowest BCUT2D eigenvalue weighted by molar-refractivity contribution is -0.139. The maximum absolute atomic E-state index is 12.2. The van der Waals surface area contributed by atoms with E-state index in [1.807, 2.05) is 0 Å². The van der Waals surface area contributed by atoms with Crippen molar-refractivity contribution < 1.29 is 23.6 Å². The van der Waals surface area contributed by atoms with Crippen molar-refractivity contribution in [3.8, 4) is 0 Å². The number of ether oxygens (including phenoxy) is 1. The lowest BCUT2D eigenvalue weighted by Gasteiger charge is -2.36. The number of aliphatic carboxylic acids is 1. The van der Waals surface area contributed by atoms with Gasteiger partial charge in [-0.05, 0) is 12.8 Å². The molecule has 20 heavy (non-hydrogen) atoms. The number of carbonyl (C=O) groups is 2. The quantitative estimate of drug-likeness (QED) is 0.751. The number of carboxylic acid groups (broad SMARTS) is 1. The minimum atomic E-state index is -0.939. The second-order valence-corrected chi connectivity index (χ2v) is 6.79. The summed E-state index contributed by atoms with van der Waals surface area (Å²) in [5, 5.41) is 11.8. The molecule has 0 saturated carbocycles. The van der Waals surface area contributed by atoms with Gasteiger partial charge in [0, 0.05) is 34.9 Å². The van der Waals surface area contributed by atoms with E-state index < -0.39 is 22.8 Å². The van der Waals surface area contributed by atoms with Crippen molar-refractivity contribution >= 4 is 22.8 Å². The van der Waals surface area contributed by atoms with Crippen molar-refractivity contribution in [1.29, 1.82) is 0 Å². The van der Waals surface area contributed by atoms with Crippen LogP contribution in [0.3, 0.4) is 0 Å². The van der Waals surface area contributed by atoms with E-state index in [0.717, 1.165) is 0 Å². The van der Waals surface area contributed by atoms with Gasteiger partial charge >= 0.3 is 12.0 Å². The van der Waals surface area contributed by atoms with E-state index in [1.54, 1.807) is 4.90 Å². The standard InChI is InChI=1S/C12H20N2O5S/c15-11(16)7-10-8-19-4-3-14(10)12(17)13-9-1-5-20(18)6-2-9/h9-10H,1-8H2,(H,13,17)(H,15,16). The zero-order valence-electron chi connectivity index (χ0n) is 11.2. The van der Waals surface area contributed by atoms with Gasteiger partial charge in [-0.15, -0.1) is 0 Å². The lowest BCUT2D eigenvalue weighted by Crippen LogP contribution is -2.55. The average molecular weight is 304 g/mol. The number of morpholine rings is 1. The average Bonchev–Trinajstić information content (AvgIpc) is 2.41. The molecular weight excluding hydrogens is 284 g/mol. The van der Waals surface area contributed by atoms with Crippen molar-refractivity contribution in [3.05, 3.63) is 0 Å². The molecule has 114 valence electrons. The first kappa shape index (κ1) is 15.2. The summed E-state index contributed by atoms with van der Waals surface area (Å²) < 4.78 is 16.5. The Bertz CT molecular complexity index is 393. The highest BCUT2D eigenvalue weighted by Gasteiger charge is 2.30. The van der Waals surface area contributed by atoms with Crippen LogP contribution in [0.1, 0.15) is 19.3 Å². The Morgan fingerprint density at radius 2 is 2.05 bits per heavy atom. The highest BCUT2D eigenvalue weighted by molar-refractivity contribution is 7.85. The van der Waals surface area contributed by atoms with Gasteiger partial charge in [0.2, 0.25) is 0 Å². The molecule has 0 aromatic heterocycles.